The van der Waals surface area contributed by atoms with E-state index >= 15 is 0 Å². The molecule has 0 N–H and O–H groups in total. The number of nitrogens with zero attached hydrogens (tertiary/aromatic N) is 1. The summed E-state index contributed by atoms with van der Waals surface area (Å²) in [6, 6.07) is 0. The Morgan fingerprint density at radius 1 is 1.54 bits per heavy atom. The molecular formula is C12H21N. The van der Waals surface area contributed by atoms with Gasteiger partial charge >= 0.3 is 0 Å². The normalized spacial score (nSPS) is 14.9. The van der Waals surface area contributed by atoms with Crippen molar-refractivity contribution in [2.24, 2.45) is 10.9 Å². The highest BCUT2D eigenvalue weighted by molar-refractivity contribution is 5.79. The fraction of sp³-hybridized carbons (Fsp3) is 0.583. The van der Waals surface area contributed by atoms with Crippen LogP contribution in [0.2, 0.25) is 0 Å². The Morgan fingerprint density at radius 2 is 2.15 bits per heavy atom. The molecule has 0 aliphatic heterocycles. The van der Waals surface area contributed by atoms with E-state index in [4.69, 9.17) is 0 Å². The average molecular weight is 179 g/mol. The van der Waals surface area contributed by atoms with Crippen LogP contribution in [0, 0.1) is 5.92 Å². The van der Waals surface area contributed by atoms with E-state index in [-0.39, 0.29) is 0 Å². The molecule has 0 fully saturated rings. The summed E-state index contributed by atoms with van der Waals surface area (Å²) < 4.78 is 0. The molecule has 13 heavy (non-hydrogen) atoms. The topological polar surface area (TPSA) is 12.4 Å². The van der Waals surface area contributed by atoms with E-state index in [0.29, 0.717) is 5.92 Å². The minimum Gasteiger partial charge on any atom is -0.262 e. The summed E-state index contributed by atoms with van der Waals surface area (Å²) in [6.45, 7) is 12.2. The third-order valence-corrected chi connectivity index (χ3v) is 2.06. The van der Waals surface area contributed by atoms with Crippen LogP contribution in [0.5, 0.6) is 0 Å². The molecule has 0 saturated heterocycles. The summed E-state index contributed by atoms with van der Waals surface area (Å²) in [4.78, 5) is 4.21. The number of allylic oxidation sites excluding steroid dienone is 3. The van der Waals surface area contributed by atoms with E-state index in [1.54, 1.807) is 0 Å². The van der Waals surface area contributed by atoms with Gasteiger partial charge in [-0.25, -0.2) is 0 Å². The van der Waals surface area contributed by atoms with E-state index in [9.17, 15) is 0 Å². The van der Waals surface area contributed by atoms with Gasteiger partial charge in [0.2, 0.25) is 0 Å². The van der Waals surface area contributed by atoms with E-state index in [1.165, 1.54) is 18.4 Å². The maximum absolute atomic E-state index is 4.21. The molecule has 1 heteroatoms. The lowest BCUT2D eigenvalue weighted by Gasteiger charge is -2.10. The smallest absolute Gasteiger partial charge is 0.0302 e. The van der Waals surface area contributed by atoms with Gasteiger partial charge in [-0.05, 0) is 31.8 Å². The summed E-state index contributed by atoms with van der Waals surface area (Å²) in [5.74, 6) is 0.609. The fourth-order valence-electron chi connectivity index (χ4n) is 1.27. The van der Waals surface area contributed by atoms with Crippen molar-refractivity contribution < 1.29 is 0 Å². The standard InChI is InChI=1S/C12H21N/c1-6-8-11(5)12(7-2)9-13-10(3)4/h7,9,11H,3,6,8H2,1-2,4-5H3/b12-7+,13-9-. The zero-order valence-corrected chi connectivity index (χ0v) is 9.30. The summed E-state index contributed by atoms with van der Waals surface area (Å²) in [5.41, 5.74) is 2.17. The summed E-state index contributed by atoms with van der Waals surface area (Å²) in [5, 5.41) is 0. The Hall–Kier alpha value is -0.850. The van der Waals surface area contributed by atoms with Crippen LogP contribution in [0.25, 0.3) is 0 Å². The predicted molar refractivity (Wildman–Crippen MR) is 61.1 cm³/mol. The molecule has 0 amide bonds. The van der Waals surface area contributed by atoms with Crippen LogP contribution in [-0.2, 0) is 0 Å². The number of aliphatic imine (C=N–C) groups is 1. The molecule has 0 rings (SSSR count). The first-order valence-electron chi connectivity index (χ1n) is 4.97. The quantitative estimate of drug-likeness (QED) is 0.566. The van der Waals surface area contributed by atoms with Crippen molar-refractivity contribution in [1.82, 2.24) is 0 Å². The second kappa shape index (κ2) is 6.64. The zero-order chi connectivity index (χ0) is 10.3. The van der Waals surface area contributed by atoms with Crippen LogP contribution in [0.4, 0.5) is 0 Å². The number of rotatable bonds is 5. The lowest BCUT2D eigenvalue weighted by molar-refractivity contribution is 0.620. The van der Waals surface area contributed by atoms with Crippen molar-refractivity contribution in [3.63, 3.8) is 0 Å². The molecule has 0 heterocycles. The Bertz CT molecular complexity index is 211. The van der Waals surface area contributed by atoms with Gasteiger partial charge in [0.25, 0.3) is 0 Å². The van der Waals surface area contributed by atoms with Crippen LogP contribution in [0.1, 0.15) is 40.5 Å². The number of hydrogen-bond acceptors (Lipinski definition) is 1. The molecule has 0 saturated carbocycles. The first kappa shape index (κ1) is 12.2. The lowest BCUT2D eigenvalue weighted by atomic mass is 9.97. The SMILES string of the molecule is C=C(C)/N=C\C(=C/C)C(C)CCC. The van der Waals surface area contributed by atoms with E-state index in [1.807, 2.05) is 13.1 Å². The molecule has 0 aliphatic carbocycles. The van der Waals surface area contributed by atoms with Gasteiger partial charge in [0.05, 0.1) is 0 Å². The van der Waals surface area contributed by atoms with Crippen molar-refractivity contribution in [3.05, 3.63) is 23.9 Å². The largest absolute Gasteiger partial charge is 0.262 e. The first-order chi connectivity index (χ1) is 6.11. The Labute approximate surface area is 82.3 Å². The van der Waals surface area contributed by atoms with Gasteiger partial charge < -0.3 is 0 Å². The molecule has 1 nitrogen and oxygen atoms in total. The van der Waals surface area contributed by atoms with Gasteiger partial charge in [0, 0.05) is 11.9 Å². The van der Waals surface area contributed by atoms with Crippen LogP contribution < -0.4 is 0 Å². The van der Waals surface area contributed by atoms with Gasteiger partial charge in [-0.3, -0.25) is 4.99 Å². The van der Waals surface area contributed by atoms with E-state index in [0.717, 1.165) is 5.70 Å². The third kappa shape index (κ3) is 5.40. The first-order valence-corrected chi connectivity index (χ1v) is 4.97. The van der Waals surface area contributed by atoms with E-state index < -0.39 is 0 Å². The highest BCUT2D eigenvalue weighted by Crippen LogP contribution is 2.14. The average Bonchev–Trinajstić information content (AvgIpc) is 2.05. The van der Waals surface area contributed by atoms with Crippen LogP contribution in [-0.4, -0.2) is 6.21 Å². The molecular weight excluding hydrogens is 158 g/mol. The molecule has 74 valence electrons. The molecule has 0 radical (unpaired) electrons. The molecule has 0 aliphatic rings. The van der Waals surface area contributed by atoms with Crippen LogP contribution in [0.3, 0.4) is 0 Å². The summed E-state index contributed by atoms with van der Waals surface area (Å²) in [6.07, 6.45) is 6.51. The highest BCUT2D eigenvalue weighted by atomic mass is 14.7. The molecule has 0 aromatic rings. The second-order valence-corrected chi connectivity index (χ2v) is 3.47. The second-order valence-electron chi connectivity index (χ2n) is 3.47. The van der Waals surface area contributed by atoms with E-state index in [2.05, 4.69) is 38.4 Å². The maximum atomic E-state index is 4.21. The van der Waals surface area contributed by atoms with Gasteiger partial charge in [-0.2, -0.15) is 0 Å². The Morgan fingerprint density at radius 3 is 2.54 bits per heavy atom. The number of hydrogen-bond donors (Lipinski definition) is 0. The molecule has 0 aromatic carbocycles. The van der Waals surface area contributed by atoms with Crippen molar-refractivity contribution in [2.45, 2.75) is 40.5 Å². The van der Waals surface area contributed by atoms with Crippen LogP contribution >= 0.6 is 0 Å². The summed E-state index contributed by atoms with van der Waals surface area (Å²) in [7, 11) is 0. The maximum Gasteiger partial charge on any atom is 0.0302 e. The van der Waals surface area contributed by atoms with Crippen molar-refractivity contribution in [3.8, 4) is 0 Å². The molecule has 1 atom stereocenters. The fourth-order valence-corrected chi connectivity index (χ4v) is 1.27. The minimum absolute atomic E-state index is 0.609. The Kier molecular flexibility index (Phi) is 6.21. The Balaban J connectivity index is 4.27. The van der Waals surface area contributed by atoms with Gasteiger partial charge in [0.15, 0.2) is 0 Å². The third-order valence-electron chi connectivity index (χ3n) is 2.06. The molecule has 1 unspecified atom stereocenters. The minimum atomic E-state index is 0.609. The summed E-state index contributed by atoms with van der Waals surface area (Å²) >= 11 is 0. The van der Waals surface area contributed by atoms with Crippen molar-refractivity contribution in [2.75, 3.05) is 0 Å². The van der Waals surface area contributed by atoms with Gasteiger partial charge in [0.1, 0.15) is 0 Å². The van der Waals surface area contributed by atoms with Gasteiger partial charge in [-0.1, -0.05) is 32.9 Å². The van der Waals surface area contributed by atoms with Crippen molar-refractivity contribution in [1.29, 1.82) is 0 Å². The van der Waals surface area contributed by atoms with Crippen LogP contribution in [0.15, 0.2) is 28.9 Å². The highest BCUT2D eigenvalue weighted by Gasteiger charge is 2.03. The predicted octanol–water partition coefficient (Wildman–Crippen LogP) is 3.97. The van der Waals surface area contributed by atoms with Crippen molar-refractivity contribution >= 4 is 6.21 Å². The molecule has 0 bridgehead atoms. The monoisotopic (exact) mass is 179 g/mol. The van der Waals surface area contributed by atoms with Gasteiger partial charge in [-0.15, -0.1) is 0 Å². The lowest BCUT2D eigenvalue weighted by Crippen LogP contribution is -2.00. The molecule has 0 aromatic heterocycles. The molecule has 0 spiro atoms. The zero-order valence-electron chi connectivity index (χ0n) is 9.30.